The van der Waals surface area contributed by atoms with Crippen LogP contribution in [0.3, 0.4) is 0 Å². The Labute approximate surface area is 111 Å². The molecule has 0 amide bonds. The van der Waals surface area contributed by atoms with Gasteiger partial charge in [-0.25, -0.2) is 0 Å². The summed E-state index contributed by atoms with van der Waals surface area (Å²) in [5.74, 6) is 0.964. The van der Waals surface area contributed by atoms with Crippen LogP contribution in [0.2, 0.25) is 0 Å². The minimum Gasteiger partial charge on any atom is -0.383 e. The molecule has 0 aliphatic heterocycles. The number of para-hydroxylation sites is 1. The largest absolute Gasteiger partial charge is 0.383 e. The number of nitrogens with one attached hydrogen (secondary N) is 1. The van der Waals surface area contributed by atoms with Gasteiger partial charge in [0, 0.05) is 30.9 Å². The fraction of sp³-hybridized carbons (Fsp3) is 0.625. The SMILES string of the molecule is CC(C)N(CC1CC1)C(C)CNc1ccccc1. The number of hydrogen-bond acceptors (Lipinski definition) is 2. The summed E-state index contributed by atoms with van der Waals surface area (Å²) in [5.41, 5.74) is 1.22. The Morgan fingerprint density at radius 3 is 2.39 bits per heavy atom. The van der Waals surface area contributed by atoms with Gasteiger partial charge in [-0.15, -0.1) is 0 Å². The maximum Gasteiger partial charge on any atom is 0.0340 e. The summed E-state index contributed by atoms with van der Waals surface area (Å²) in [6.45, 7) is 9.24. The fourth-order valence-corrected chi connectivity index (χ4v) is 2.44. The molecule has 0 spiro atoms. The first-order chi connectivity index (χ1) is 8.66. The molecule has 18 heavy (non-hydrogen) atoms. The topological polar surface area (TPSA) is 15.3 Å². The molecule has 0 radical (unpaired) electrons. The van der Waals surface area contributed by atoms with E-state index in [1.54, 1.807) is 0 Å². The van der Waals surface area contributed by atoms with Crippen LogP contribution in [-0.4, -0.2) is 30.1 Å². The van der Waals surface area contributed by atoms with E-state index in [-0.39, 0.29) is 0 Å². The molecule has 0 bridgehead atoms. The summed E-state index contributed by atoms with van der Waals surface area (Å²) in [6.07, 6.45) is 2.87. The van der Waals surface area contributed by atoms with Crippen LogP contribution in [0.4, 0.5) is 5.69 Å². The van der Waals surface area contributed by atoms with Crippen molar-refractivity contribution in [2.75, 3.05) is 18.4 Å². The maximum absolute atomic E-state index is 3.53. The molecule has 2 rings (SSSR count). The monoisotopic (exact) mass is 246 g/mol. The first-order valence-electron chi connectivity index (χ1n) is 7.21. The molecule has 1 aliphatic carbocycles. The molecule has 1 unspecified atom stereocenters. The highest BCUT2D eigenvalue weighted by molar-refractivity contribution is 5.42. The smallest absolute Gasteiger partial charge is 0.0340 e. The molecule has 1 fully saturated rings. The van der Waals surface area contributed by atoms with Gasteiger partial charge in [0.25, 0.3) is 0 Å². The van der Waals surface area contributed by atoms with E-state index < -0.39 is 0 Å². The van der Waals surface area contributed by atoms with E-state index >= 15 is 0 Å². The highest BCUT2D eigenvalue weighted by Crippen LogP contribution is 2.31. The molecule has 0 heterocycles. The molecule has 100 valence electrons. The van der Waals surface area contributed by atoms with Crippen LogP contribution in [-0.2, 0) is 0 Å². The van der Waals surface area contributed by atoms with Crippen LogP contribution in [0.25, 0.3) is 0 Å². The predicted octanol–water partition coefficient (Wildman–Crippen LogP) is 3.61. The van der Waals surface area contributed by atoms with Crippen LogP contribution in [0.1, 0.15) is 33.6 Å². The molecule has 1 saturated carbocycles. The quantitative estimate of drug-likeness (QED) is 0.790. The lowest BCUT2D eigenvalue weighted by atomic mass is 10.2. The van der Waals surface area contributed by atoms with Gasteiger partial charge in [-0.1, -0.05) is 18.2 Å². The van der Waals surface area contributed by atoms with Gasteiger partial charge < -0.3 is 5.32 Å². The molecule has 1 N–H and O–H groups in total. The van der Waals surface area contributed by atoms with Crippen molar-refractivity contribution in [3.63, 3.8) is 0 Å². The summed E-state index contributed by atoms with van der Waals surface area (Å²) < 4.78 is 0. The van der Waals surface area contributed by atoms with E-state index in [0.717, 1.165) is 12.5 Å². The van der Waals surface area contributed by atoms with Crippen molar-refractivity contribution in [1.82, 2.24) is 4.90 Å². The molecular weight excluding hydrogens is 220 g/mol. The molecule has 0 aromatic heterocycles. The predicted molar refractivity (Wildman–Crippen MR) is 79.0 cm³/mol. The van der Waals surface area contributed by atoms with Crippen LogP contribution < -0.4 is 5.32 Å². The molecule has 2 heteroatoms. The Hall–Kier alpha value is -1.02. The van der Waals surface area contributed by atoms with Crippen molar-refractivity contribution in [3.8, 4) is 0 Å². The van der Waals surface area contributed by atoms with Gasteiger partial charge in [-0.05, 0) is 51.7 Å². The van der Waals surface area contributed by atoms with Gasteiger partial charge in [0.1, 0.15) is 0 Å². The van der Waals surface area contributed by atoms with Crippen molar-refractivity contribution in [1.29, 1.82) is 0 Å². The van der Waals surface area contributed by atoms with Crippen LogP contribution >= 0.6 is 0 Å². The summed E-state index contributed by atoms with van der Waals surface area (Å²) >= 11 is 0. The van der Waals surface area contributed by atoms with E-state index in [2.05, 4.69) is 61.3 Å². The zero-order chi connectivity index (χ0) is 13.0. The van der Waals surface area contributed by atoms with E-state index in [0.29, 0.717) is 12.1 Å². The summed E-state index contributed by atoms with van der Waals surface area (Å²) in [6, 6.07) is 11.7. The van der Waals surface area contributed by atoms with Crippen molar-refractivity contribution in [2.24, 2.45) is 5.92 Å². The fourth-order valence-electron chi connectivity index (χ4n) is 2.44. The number of benzene rings is 1. The van der Waals surface area contributed by atoms with E-state index in [1.807, 2.05) is 0 Å². The van der Waals surface area contributed by atoms with Gasteiger partial charge in [0.15, 0.2) is 0 Å². The average molecular weight is 246 g/mol. The molecule has 1 aromatic carbocycles. The Morgan fingerprint density at radius 2 is 1.83 bits per heavy atom. The summed E-state index contributed by atoms with van der Waals surface area (Å²) in [5, 5.41) is 3.53. The minimum atomic E-state index is 0.589. The Kier molecular flexibility index (Phi) is 4.65. The van der Waals surface area contributed by atoms with Crippen molar-refractivity contribution < 1.29 is 0 Å². The zero-order valence-corrected chi connectivity index (χ0v) is 11.9. The number of rotatable bonds is 7. The lowest BCUT2D eigenvalue weighted by Crippen LogP contribution is -2.43. The van der Waals surface area contributed by atoms with Gasteiger partial charge in [-0.2, -0.15) is 0 Å². The second kappa shape index (κ2) is 6.24. The van der Waals surface area contributed by atoms with Crippen molar-refractivity contribution in [2.45, 2.75) is 45.7 Å². The molecule has 2 nitrogen and oxygen atoms in total. The second-order valence-electron chi connectivity index (χ2n) is 5.83. The van der Waals surface area contributed by atoms with Gasteiger partial charge in [0.2, 0.25) is 0 Å². The van der Waals surface area contributed by atoms with Gasteiger partial charge in [0.05, 0.1) is 0 Å². The van der Waals surface area contributed by atoms with Gasteiger partial charge >= 0.3 is 0 Å². The molecule has 1 atom stereocenters. The number of anilines is 1. The molecular formula is C16H26N2. The first-order valence-corrected chi connectivity index (χ1v) is 7.21. The van der Waals surface area contributed by atoms with Crippen LogP contribution in [0.5, 0.6) is 0 Å². The highest BCUT2D eigenvalue weighted by Gasteiger charge is 2.27. The third-order valence-corrected chi connectivity index (χ3v) is 3.77. The third-order valence-electron chi connectivity index (χ3n) is 3.77. The molecule has 1 aromatic rings. The molecule has 0 saturated heterocycles. The standard InChI is InChI=1S/C16H26N2/c1-13(2)18(12-15-9-10-15)14(3)11-17-16-7-5-4-6-8-16/h4-8,13-15,17H,9-12H2,1-3H3. The van der Waals surface area contributed by atoms with Crippen LogP contribution in [0, 0.1) is 5.92 Å². The second-order valence-corrected chi connectivity index (χ2v) is 5.83. The Bertz CT molecular complexity index is 343. The normalized spacial score (nSPS) is 17.2. The van der Waals surface area contributed by atoms with Crippen molar-refractivity contribution in [3.05, 3.63) is 30.3 Å². The number of nitrogens with zero attached hydrogens (tertiary/aromatic N) is 1. The van der Waals surface area contributed by atoms with Crippen molar-refractivity contribution >= 4 is 5.69 Å². The van der Waals surface area contributed by atoms with E-state index in [4.69, 9.17) is 0 Å². The summed E-state index contributed by atoms with van der Waals surface area (Å²) in [7, 11) is 0. The molecule has 1 aliphatic rings. The Balaban J connectivity index is 1.82. The first kappa shape index (κ1) is 13.4. The lowest BCUT2D eigenvalue weighted by Gasteiger charge is -2.33. The number of hydrogen-bond donors (Lipinski definition) is 1. The zero-order valence-electron chi connectivity index (χ0n) is 11.9. The maximum atomic E-state index is 3.53. The van der Waals surface area contributed by atoms with E-state index in [1.165, 1.54) is 25.1 Å². The van der Waals surface area contributed by atoms with E-state index in [9.17, 15) is 0 Å². The average Bonchev–Trinajstić information content (AvgIpc) is 3.18. The summed E-state index contributed by atoms with van der Waals surface area (Å²) in [4.78, 5) is 2.63. The third kappa shape index (κ3) is 4.02. The highest BCUT2D eigenvalue weighted by atomic mass is 15.2. The van der Waals surface area contributed by atoms with Gasteiger partial charge in [-0.3, -0.25) is 4.90 Å². The Morgan fingerprint density at radius 1 is 1.17 bits per heavy atom. The van der Waals surface area contributed by atoms with Crippen LogP contribution in [0.15, 0.2) is 30.3 Å². The minimum absolute atomic E-state index is 0.589. The lowest BCUT2D eigenvalue weighted by molar-refractivity contribution is 0.163.